The van der Waals surface area contributed by atoms with Crippen LogP contribution in [0.2, 0.25) is 0 Å². The summed E-state index contributed by atoms with van der Waals surface area (Å²) in [6.45, 7) is 5.41. The van der Waals surface area contributed by atoms with E-state index in [-0.39, 0.29) is 5.91 Å². The number of fused-ring (bicyclic) bond motifs is 3. The van der Waals surface area contributed by atoms with Gasteiger partial charge in [0.25, 0.3) is 0 Å². The first-order valence-electron chi connectivity index (χ1n) is 11.3. The maximum Gasteiger partial charge on any atom is 0.224 e. The molecule has 0 radical (unpaired) electrons. The average molecular weight is 434 g/mol. The highest BCUT2D eigenvalue weighted by Gasteiger charge is 2.15. The van der Waals surface area contributed by atoms with Crippen molar-refractivity contribution in [3.8, 4) is 5.75 Å². The first kappa shape index (κ1) is 22.1. The Morgan fingerprint density at radius 1 is 1.09 bits per heavy atom. The summed E-state index contributed by atoms with van der Waals surface area (Å²) in [4.78, 5) is 18.9. The van der Waals surface area contributed by atoms with Gasteiger partial charge in [0.15, 0.2) is 0 Å². The van der Waals surface area contributed by atoms with Crippen molar-refractivity contribution in [2.45, 2.75) is 39.3 Å². The Bertz CT molecular complexity index is 1020. The number of aryl methyl sites for hydroxylation is 2. The number of carbonyl (C=O) groups is 1. The lowest BCUT2D eigenvalue weighted by atomic mass is 9.99. The van der Waals surface area contributed by atoms with Crippen LogP contribution in [0, 0.1) is 0 Å². The number of imidazole rings is 1. The molecule has 0 unspecified atom stereocenters. The van der Waals surface area contributed by atoms with Gasteiger partial charge in [-0.15, -0.1) is 0 Å². The molecule has 2 heterocycles. The fraction of sp³-hybridized carbons (Fsp3) is 0.385. The van der Waals surface area contributed by atoms with Crippen LogP contribution >= 0.6 is 0 Å². The molecule has 0 saturated carbocycles. The second-order valence-corrected chi connectivity index (χ2v) is 8.12. The second kappa shape index (κ2) is 11.0. The number of aromatic nitrogens is 2. The van der Waals surface area contributed by atoms with Crippen molar-refractivity contribution in [3.05, 3.63) is 83.4 Å². The van der Waals surface area contributed by atoms with Crippen LogP contribution in [0.4, 0.5) is 0 Å². The number of nitrogens with zero attached hydrogens (tertiary/aromatic N) is 3. The van der Waals surface area contributed by atoms with Crippen LogP contribution in [0.1, 0.15) is 35.6 Å². The van der Waals surface area contributed by atoms with Crippen LogP contribution < -0.4 is 4.74 Å². The highest BCUT2D eigenvalue weighted by Crippen LogP contribution is 2.25. The molecule has 0 spiro atoms. The Labute approximate surface area is 189 Å². The van der Waals surface area contributed by atoms with Crippen molar-refractivity contribution in [2.24, 2.45) is 0 Å². The molecule has 168 valence electrons. The Balaban J connectivity index is 1.53. The van der Waals surface area contributed by atoms with Crippen molar-refractivity contribution in [3.63, 3.8) is 0 Å². The van der Waals surface area contributed by atoms with E-state index in [1.807, 2.05) is 15.7 Å². The van der Waals surface area contributed by atoms with Crippen LogP contribution in [-0.2, 0) is 35.5 Å². The number of rotatable bonds is 4. The molecule has 6 nitrogen and oxygen atoms in total. The van der Waals surface area contributed by atoms with Crippen LogP contribution in [0.15, 0.2) is 61.2 Å². The van der Waals surface area contributed by atoms with E-state index in [9.17, 15) is 4.79 Å². The molecule has 32 heavy (non-hydrogen) atoms. The van der Waals surface area contributed by atoms with Crippen molar-refractivity contribution in [1.82, 2.24) is 14.5 Å². The molecule has 6 heteroatoms. The lowest BCUT2D eigenvalue weighted by molar-refractivity contribution is -0.132. The fourth-order valence-electron chi connectivity index (χ4n) is 3.99. The lowest BCUT2D eigenvalue weighted by Crippen LogP contribution is -2.34. The van der Waals surface area contributed by atoms with Crippen LogP contribution in [0.3, 0.4) is 0 Å². The third-order valence-electron chi connectivity index (χ3n) is 5.78. The van der Waals surface area contributed by atoms with Crippen LogP contribution in [0.25, 0.3) is 0 Å². The van der Waals surface area contributed by atoms with Gasteiger partial charge >= 0.3 is 0 Å². The predicted octanol–water partition coefficient (Wildman–Crippen LogP) is 3.86. The molecule has 0 atom stereocenters. The number of hydrogen-bond donors (Lipinski definition) is 0. The van der Waals surface area contributed by atoms with Crippen molar-refractivity contribution in [2.75, 3.05) is 26.4 Å². The largest absolute Gasteiger partial charge is 0.491 e. The zero-order valence-corrected chi connectivity index (χ0v) is 18.7. The molecule has 2 bridgehead atoms. The van der Waals surface area contributed by atoms with E-state index in [4.69, 9.17) is 9.47 Å². The van der Waals surface area contributed by atoms with E-state index in [2.05, 4.69) is 54.4 Å². The summed E-state index contributed by atoms with van der Waals surface area (Å²) >= 11 is 0. The molecule has 3 aromatic rings. The highest BCUT2D eigenvalue weighted by molar-refractivity contribution is 5.76. The van der Waals surface area contributed by atoms with E-state index in [0.29, 0.717) is 45.9 Å². The van der Waals surface area contributed by atoms with E-state index in [1.165, 1.54) is 16.7 Å². The number of ether oxygens (including phenoxy) is 2. The summed E-state index contributed by atoms with van der Waals surface area (Å²) in [5.74, 6) is 1.04. The summed E-state index contributed by atoms with van der Waals surface area (Å²) in [5, 5.41) is 0. The first-order valence-corrected chi connectivity index (χ1v) is 11.3. The second-order valence-electron chi connectivity index (χ2n) is 8.12. The minimum absolute atomic E-state index is 0.119. The van der Waals surface area contributed by atoms with Crippen LogP contribution in [-0.4, -0.2) is 46.7 Å². The van der Waals surface area contributed by atoms with Crippen molar-refractivity contribution >= 4 is 5.91 Å². The molecule has 1 aliphatic rings. The topological polar surface area (TPSA) is 56.6 Å². The molecule has 1 aliphatic heterocycles. The quantitative estimate of drug-likeness (QED) is 0.627. The summed E-state index contributed by atoms with van der Waals surface area (Å²) in [7, 11) is 0. The fourth-order valence-corrected chi connectivity index (χ4v) is 3.99. The minimum atomic E-state index is 0.119. The van der Waals surface area contributed by atoms with Crippen molar-refractivity contribution in [1.29, 1.82) is 0 Å². The van der Waals surface area contributed by atoms with Gasteiger partial charge in [0, 0.05) is 44.9 Å². The smallest absolute Gasteiger partial charge is 0.224 e. The third kappa shape index (κ3) is 5.98. The molecule has 4 rings (SSSR count). The number of amides is 1. The molecule has 2 aromatic carbocycles. The van der Waals surface area contributed by atoms with E-state index < -0.39 is 0 Å². The minimum Gasteiger partial charge on any atom is -0.491 e. The molecule has 0 saturated heterocycles. The number of hydrogen-bond acceptors (Lipinski definition) is 4. The van der Waals surface area contributed by atoms with Gasteiger partial charge in [0.1, 0.15) is 12.4 Å². The summed E-state index contributed by atoms with van der Waals surface area (Å²) < 4.78 is 13.8. The van der Waals surface area contributed by atoms with E-state index in [0.717, 1.165) is 24.2 Å². The maximum absolute atomic E-state index is 13.0. The van der Waals surface area contributed by atoms with E-state index >= 15 is 0 Å². The molecule has 0 aliphatic carbocycles. The van der Waals surface area contributed by atoms with Gasteiger partial charge in [-0.2, -0.15) is 0 Å². The van der Waals surface area contributed by atoms with Crippen LogP contribution in [0.5, 0.6) is 5.75 Å². The third-order valence-corrected chi connectivity index (χ3v) is 5.78. The summed E-state index contributed by atoms with van der Waals surface area (Å²) in [5.41, 5.74) is 4.84. The monoisotopic (exact) mass is 433 g/mol. The molecule has 1 aromatic heterocycles. The van der Waals surface area contributed by atoms with Crippen molar-refractivity contribution < 1.29 is 14.3 Å². The Morgan fingerprint density at radius 3 is 2.84 bits per heavy atom. The molecule has 0 N–H and O–H groups in total. The van der Waals surface area contributed by atoms with Gasteiger partial charge in [0.2, 0.25) is 5.91 Å². The number of carbonyl (C=O) groups excluding carboxylic acids is 1. The zero-order valence-electron chi connectivity index (χ0n) is 18.7. The molecular formula is C26H31N3O3. The lowest BCUT2D eigenvalue weighted by Gasteiger charge is -2.24. The average Bonchev–Trinajstić information content (AvgIpc) is 3.33. The molecule has 0 fully saturated rings. The Morgan fingerprint density at radius 2 is 2.00 bits per heavy atom. The normalized spacial score (nSPS) is 14.8. The Hall–Kier alpha value is -3.12. The van der Waals surface area contributed by atoms with E-state index in [1.54, 1.807) is 12.5 Å². The summed E-state index contributed by atoms with van der Waals surface area (Å²) in [6.07, 6.45) is 7.58. The maximum atomic E-state index is 13.0. The van der Waals surface area contributed by atoms with Gasteiger partial charge in [-0.05, 0) is 34.7 Å². The Kier molecular flexibility index (Phi) is 7.56. The predicted molar refractivity (Wildman–Crippen MR) is 124 cm³/mol. The van der Waals surface area contributed by atoms with Gasteiger partial charge in [0.05, 0.1) is 19.5 Å². The van der Waals surface area contributed by atoms with Gasteiger partial charge in [-0.1, -0.05) is 43.3 Å². The number of benzene rings is 2. The SMILES string of the molecule is CCc1ccc2c(c1)Cc1cccc(c1)CN(C(=O)CCn1ccnc1)CCOCCO2. The zero-order chi connectivity index (χ0) is 22.2. The summed E-state index contributed by atoms with van der Waals surface area (Å²) in [6, 6.07) is 15.0. The van der Waals surface area contributed by atoms with Gasteiger partial charge in [-0.25, -0.2) is 4.98 Å². The standard InChI is InChI=1S/C26H31N3O3/c1-2-21-6-7-25-24(17-21)18-22-4-3-5-23(16-22)19-29(12-13-31-14-15-32-25)26(30)8-10-28-11-9-27-20-28/h3-7,9,11,16-17,20H,2,8,10,12-15,18-19H2,1H3. The van der Waals surface area contributed by atoms with Gasteiger partial charge < -0.3 is 18.9 Å². The van der Waals surface area contributed by atoms with Gasteiger partial charge in [-0.3, -0.25) is 4.79 Å². The highest BCUT2D eigenvalue weighted by atomic mass is 16.5. The first-order chi connectivity index (χ1) is 15.7. The molecule has 1 amide bonds. The molecular weight excluding hydrogens is 402 g/mol.